The number of carbonyl (C=O) groups is 1. The second-order valence-corrected chi connectivity index (χ2v) is 6.04. The lowest BCUT2D eigenvalue weighted by Gasteiger charge is -2.19. The van der Waals surface area contributed by atoms with Crippen LogP contribution in [0.3, 0.4) is 0 Å². The minimum atomic E-state index is -0.258. The molecule has 0 heterocycles. The van der Waals surface area contributed by atoms with Gasteiger partial charge in [0.05, 0.1) is 5.57 Å². The molecular weight excluding hydrogens is 274 g/mol. The highest BCUT2D eigenvalue weighted by Gasteiger charge is 2.16. The fraction of sp³-hybridized carbons (Fsp3) is 0.444. The highest BCUT2D eigenvalue weighted by atomic mass is 16.1. The van der Waals surface area contributed by atoms with Gasteiger partial charge in [0, 0.05) is 24.6 Å². The molecule has 0 spiro atoms. The minimum Gasteiger partial charge on any atom is -0.393 e. The summed E-state index contributed by atoms with van der Waals surface area (Å²) in [6, 6.07) is 7.88. The first-order valence-electron chi connectivity index (χ1n) is 7.70. The van der Waals surface area contributed by atoms with Gasteiger partial charge >= 0.3 is 0 Å². The van der Waals surface area contributed by atoms with Gasteiger partial charge in [-0.1, -0.05) is 39.0 Å². The van der Waals surface area contributed by atoms with Crippen molar-refractivity contribution in [3.63, 3.8) is 0 Å². The Bertz CT molecular complexity index is 561. The molecule has 120 valence electrons. The molecule has 0 bridgehead atoms. The van der Waals surface area contributed by atoms with Crippen molar-refractivity contribution in [2.75, 3.05) is 12.4 Å². The van der Waals surface area contributed by atoms with Gasteiger partial charge in [0.15, 0.2) is 0 Å². The van der Waals surface area contributed by atoms with E-state index in [1.807, 2.05) is 18.2 Å². The van der Waals surface area contributed by atoms with Crippen LogP contribution >= 0.6 is 0 Å². The number of hydrogen-bond acceptors (Lipinski definition) is 3. The van der Waals surface area contributed by atoms with Crippen LogP contribution in [-0.4, -0.2) is 18.7 Å². The summed E-state index contributed by atoms with van der Waals surface area (Å²) in [7, 11) is 1.72. The summed E-state index contributed by atoms with van der Waals surface area (Å²) >= 11 is 0. The molecule has 0 aromatic heterocycles. The number of nitrogens with one attached hydrogen (secondary N) is 3. The summed E-state index contributed by atoms with van der Waals surface area (Å²) < 4.78 is 0. The van der Waals surface area contributed by atoms with Crippen LogP contribution in [-0.2, 0) is 4.79 Å². The number of hydrogen-bond donors (Lipinski definition) is 3. The van der Waals surface area contributed by atoms with Crippen molar-refractivity contribution in [3.8, 4) is 0 Å². The van der Waals surface area contributed by atoms with E-state index in [4.69, 9.17) is 5.41 Å². The van der Waals surface area contributed by atoms with E-state index in [1.54, 1.807) is 20.2 Å². The van der Waals surface area contributed by atoms with Crippen LogP contribution in [0.5, 0.6) is 0 Å². The van der Waals surface area contributed by atoms with Gasteiger partial charge in [0.25, 0.3) is 5.91 Å². The average molecular weight is 301 g/mol. The highest BCUT2D eigenvalue weighted by Crippen LogP contribution is 2.29. The second kappa shape index (κ2) is 8.37. The first-order valence-corrected chi connectivity index (χ1v) is 7.70. The Morgan fingerprint density at radius 1 is 1.27 bits per heavy atom. The Morgan fingerprint density at radius 2 is 1.91 bits per heavy atom. The maximum absolute atomic E-state index is 12.4. The molecule has 1 rings (SSSR count). The zero-order valence-corrected chi connectivity index (χ0v) is 14.2. The largest absolute Gasteiger partial charge is 0.393 e. The van der Waals surface area contributed by atoms with E-state index in [0.29, 0.717) is 17.4 Å². The fourth-order valence-corrected chi connectivity index (χ4v) is 2.55. The standard InChI is InChI=1S/C18H27N3O/c1-12(2)10-13(3)15-8-6-7-9-17(15)21-18(22)16(11-20-5)14(4)19/h6-9,11-13,19-20H,10H2,1-5H3,(H,21,22)/b16-11+,19-14?. The van der Waals surface area contributed by atoms with Gasteiger partial charge in [-0.15, -0.1) is 0 Å². The zero-order valence-electron chi connectivity index (χ0n) is 14.2. The molecule has 1 aromatic carbocycles. The molecule has 1 unspecified atom stereocenters. The molecule has 4 nitrogen and oxygen atoms in total. The first kappa shape index (κ1) is 18.0. The van der Waals surface area contributed by atoms with Gasteiger partial charge in [0.2, 0.25) is 0 Å². The van der Waals surface area contributed by atoms with Crippen molar-refractivity contribution in [2.24, 2.45) is 5.92 Å². The molecular formula is C18H27N3O. The summed E-state index contributed by atoms with van der Waals surface area (Å²) in [6.45, 7) is 8.18. The van der Waals surface area contributed by atoms with Gasteiger partial charge in [-0.2, -0.15) is 0 Å². The lowest BCUT2D eigenvalue weighted by Crippen LogP contribution is -2.21. The van der Waals surface area contributed by atoms with E-state index in [0.717, 1.165) is 17.7 Å². The van der Waals surface area contributed by atoms with E-state index >= 15 is 0 Å². The van der Waals surface area contributed by atoms with Crippen LogP contribution in [0.15, 0.2) is 36.0 Å². The van der Waals surface area contributed by atoms with Gasteiger partial charge in [-0.3, -0.25) is 4.79 Å². The van der Waals surface area contributed by atoms with Crippen LogP contribution in [0.1, 0.15) is 45.6 Å². The van der Waals surface area contributed by atoms with Crippen molar-refractivity contribution >= 4 is 17.3 Å². The van der Waals surface area contributed by atoms with Crippen LogP contribution in [0.2, 0.25) is 0 Å². The summed E-state index contributed by atoms with van der Waals surface area (Å²) in [5.41, 5.74) is 2.54. The second-order valence-electron chi connectivity index (χ2n) is 6.04. The van der Waals surface area contributed by atoms with E-state index in [-0.39, 0.29) is 11.6 Å². The molecule has 1 atom stereocenters. The summed E-state index contributed by atoms with van der Waals surface area (Å²) in [5, 5.41) is 13.5. The number of benzene rings is 1. The molecule has 0 fully saturated rings. The summed E-state index contributed by atoms with van der Waals surface area (Å²) in [6.07, 6.45) is 2.62. The fourth-order valence-electron chi connectivity index (χ4n) is 2.55. The van der Waals surface area contributed by atoms with Crippen molar-refractivity contribution < 1.29 is 4.79 Å². The lowest BCUT2D eigenvalue weighted by molar-refractivity contribution is -0.112. The normalized spacial score (nSPS) is 12.9. The third kappa shape index (κ3) is 5.02. The van der Waals surface area contributed by atoms with Crippen LogP contribution in [0, 0.1) is 11.3 Å². The average Bonchev–Trinajstić information content (AvgIpc) is 2.44. The Morgan fingerprint density at radius 3 is 2.45 bits per heavy atom. The quantitative estimate of drug-likeness (QED) is 0.528. The highest BCUT2D eigenvalue weighted by molar-refractivity contribution is 6.23. The lowest BCUT2D eigenvalue weighted by atomic mass is 9.91. The number of para-hydroxylation sites is 1. The van der Waals surface area contributed by atoms with E-state index in [1.165, 1.54) is 0 Å². The number of amides is 1. The summed E-state index contributed by atoms with van der Waals surface area (Å²) in [5.74, 6) is 0.711. The molecule has 0 aliphatic heterocycles. The van der Waals surface area contributed by atoms with Crippen LogP contribution in [0.25, 0.3) is 0 Å². The molecule has 1 aromatic rings. The Balaban J connectivity index is 3.01. The number of carbonyl (C=O) groups excluding carboxylic acids is 1. The van der Waals surface area contributed by atoms with Gasteiger partial charge in [-0.25, -0.2) is 0 Å². The van der Waals surface area contributed by atoms with E-state index < -0.39 is 0 Å². The van der Waals surface area contributed by atoms with E-state index in [2.05, 4.69) is 37.5 Å². The maximum Gasteiger partial charge on any atom is 0.258 e. The van der Waals surface area contributed by atoms with Crippen molar-refractivity contribution in [1.29, 1.82) is 5.41 Å². The minimum absolute atomic E-state index is 0.236. The molecule has 22 heavy (non-hydrogen) atoms. The molecule has 0 aliphatic rings. The van der Waals surface area contributed by atoms with Crippen LogP contribution in [0.4, 0.5) is 5.69 Å². The zero-order chi connectivity index (χ0) is 16.7. The third-order valence-electron chi connectivity index (χ3n) is 3.50. The van der Waals surface area contributed by atoms with Gasteiger partial charge in [-0.05, 0) is 36.8 Å². The van der Waals surface area contributed by atoms with Crippen molar-refractivity contribution in [1.82, 2.24) is 5.32 Å². The molecule has 3 N–H and O–H groups in total. The van der Waals surface area contributed by atoms with Crippen molar-refractivity contribution in [2.45, 2.75) is 40.0 Å². The molecule has 0 saturated carbocycles. The monoisotopic (exact) mass is 301 g/mol. The Labute approximate surface area is 133 Å². The first-order chi connectivity index (χ1) is 10.4. The molecule has 4 heteroatoms. The third-order valence-corrected chi connectivity index (χ3v) is 3.50. The maximum atomic E-state index is 12.4. The topological polar surface area (TPSA) is 65.0 Å². The molecule has 0 aliphatic carbocycles. The van der Waals surface area contributed by atoms with E-state index in [9.17, 15) is 4.79 Å². The number of rotatable bonds is 7. The Hall–Kier alpha value is -2.10. The Kier molecular flexibility index (Phi) is 6.83. The van der Waals surface area contributed by atoms with Gasteiger partial charge in [0.1, 0.15) is 0 Å². The smallest absolute Gasteiger partial charge is 0.258 e. The SMILES string of the molecule is CN/C=C(\C(C)=N)C(=O)Nc1ccccc1C(C)CC(C)C. The predicted molar refractivity (Wildman–Crippen MR) is 93.5 cm³/mol. The summed E-state index contributed by atoms with van der Waals surface area (Å²) in [4.78, 5) is 12.4. The molecule has 0 saturated heterocycles. The molecule has 1 amide bonds. The van der Waals surface area contributed by atoms with Crippen LogP contribution < -0.4 is 10.6 Å². The predicted octanol–water partition coefficient (Wildman–Crippen LogP) is 3.92. The van der Waals surface area contributed by atoms with Gasteiger partial charge < -0.3 is 16.0 Å². The number of anilines is 1. The molecule has 0 radical (unpaired) electrons. The van der Waals surface area contributed by atoms with Crippen molar-refractivity contribution in [3.05, 3.63) is 41.6 Å².